The zero-order valence-electron chi connectivity index (χ0n) is 14.8. The molecule has 138 valence electrons. The van der Waals surface area contributed by atoms with Crippen LogP contribution >= 0.6 is 11.8 Å². The van der Waals surface area contributed by atoms with Crippen LogP contribution in [0.1, 0.15) is 43.1 Å². The van der Waals surface area contributed by atoms with E-state index in [4.69, 9.17) is 0 Å². The number of carbonyl (C=O) groups is 2. The summed E-state index contributed by atoms with van der Waals surface area (Å²) in [4.78, 5) is 42.2. The van der Waals surface area contributed by atoms with E-state index >= 15 is 0 Å². The highest BCUT2D eigenvalue weighted by Gasteiger charge is 2.20. The second-order valence-electron chi connectivity index (χ2n) is 5.66. The molecule has 0 spiro atoms. The Morgan fingerprint density at radius 3 is 2.42 bits per heavy atom. The number of hydrogen-bond acceptors (Lipinski definition) is 6. The molecule has 8 heteroatoms. The largest absolute Gasteiger partial charge is 0.493 e. The number of Topliss-reactive ketones (excluding diaryl/α,β-unsaturated/α-hetero) is 1. The van der Waals surface area contributed by atoms with Crippen molar-refractivity contribution in [2.75, 3.05) is 5.32 Å². The Morgan fingerprint density at radius 1 is 1.27 bits per heavy atom. The van der Waals surface area contributed by atoms with Crippen molar-refractivity contribution in [1.29, 1.82) is 0 Å². The highest BCUT2D eigenvalue weighted by molar-refractivity contribution is 8.00. The molecule has 0 fully saturated rings. The second kappa shape index (κ2) is 8.66. The predicted molar refractivity (Wildman–Crippen MR) is 101 cm³/mol. The Labute approximate surface area is 155 Å². The Kier molecular flexibility index (Phi) is 6.57. The number of aromatic hydroxyl groups is 1. The van der Waals surface area contributed by atoms with E-state index in [1.807, 2.05) is 6.92 Å². The standard InChI is InChI=1S/C18H21N3O4S/c1-4-13-15(23)20-18(21-16(13)24)26-14(5-2)17(25)19-12-8-6-11(7-9-12)10(3)22/h6-9,14H,4-5H2,1-3H3,(H,19,25)(H2,20,21,23,24). The molecular weight excluding hydrogens is 354 g/mol. The van der Waals surface area contributed by atoms with Crippen LogP contribution in [-0.4, -0.2) is 32.0 Å². The van der Waals surface area contributed by atoms with Gasteiger partial charge in [0.25, 0.3) is 5.56 Å². The van der Waals surface area contributed by atoms with E-state index in [2.05, 4.69) is 15.3 Å². The minimum Gasteiger partial charge on any atom is -0.493 e. The molecule has 0 saturated heterocycles. The second-order valence-corrected chi connectivity index (χ2v) is 6.86. The van der Waals surface area contributed by atoms with Crippen molar-refractivity contribution >= 4 is 29.1 Å². The number of carbonyl (C=O) groups excluding carboxylic acids is 2. The quantitative estimate of drug-likeness (QED) is 0.390. The van der Waals surface area contributed by atoms with Gasteiger partial charge in [-0.3, -0.25) is 14.4 Å². The summed E-state index contributed by atoms with van der Waals surface area (Å²) in [6.45, 7) is 5.07. The molecular formula is C18H21N3O4S. The van der Waals surface area contributed by atoms with Gasteiger partial charge in [-0.2, -0.15) is 4.98 Å². The summed E-state index contributed by atoms with van der Waals surface area (Å²) in [5, 5.41) is 12.3. The van der Waals surface area contributed by atoms with E-state index in [0.717, 1.165) is 11.8 Å². The number of nitrogens with zero attached hydrogens (tertiary/aromatic N) is 1. The van der Waals surface area contributed by atoms with Gasteiger partial charge in [-0.15, -0.1) is 0 Å². The molecule has 1 aromatic carbocycles. The summed E-state index contributed by atoms with van der Waals surface area (Å²) in [6, 6.07) is 6.61. The van der Waals surface area contributed by atoms with Crippen molar-refractivity contribution < 1.29 is 14.7 Å². The number of thioether (sulfide) groups is 1. The van der Waals surface area contributed by atoms with Gasteiger partial charge in [0.1, 0.15) is 0 Å². The molecule has 0 aliphatic rings. The first kappa shape index (κ1) is 19.7. The summed E-state index contributed by atoms with van der Waals surface area (Å²) in [5.41, 5.74) is 0.956. The minimum atomic E-state index is -0.502. The summed E-state index contributed by atoms with van der Waals surface area (Å²) in [6.07, 6.45) is 0.870. The molecule has 0 aliphatic heterocycles. The summed E-state index contributed by atoms with van der Waals surface area (Å²) >= 11 is 1.08. The van der Waals surface area contributed by atoms with Gasteiger partial charge in [0, 0.05) is 11.3 Å². The first-order chi connectivity index (χ1) is 12.3. The molecule has 0 aliphatic carbocycles. The average Bonchev–Trinajstić information content (AvgIpc) is 2.59. The van der Waals surface area contributed by atoms with Gasteiger partial charge in [-0.05, 0) is 44.0 Å². The van der Waals surface area contributed by atoms with Crippen molar-refractivity contribution in [3.63, 3.8) is 0 Å². The molecule has 1 unspecified atom stereocenters. The van der Waals surface area contributed by atoms with Gasteiger partial charge >= 0.3 is 0 Å². The lowest BCUT2D eigenvalue weighted by molar-refractivity contribution is -0.115. The lowest BCUT2D eigenvalue weighted by Crippen LogP contribution is -2.25. The molecule has 2 aromatic rings. The Hall–Kier alpha value is -2.61. The number of aromatic nitrogens is 2. The normalized spacial score (nSPS) is 11.8. The topological polar surface area (TPSA) is 112 Å². The fourth-order valence-electron chi connectivity index (χ4n) is 2.31. The lowest BCUT2D eigenvalue weighted by Gasteiger charge is -2.14. The van der Waals surface area contributed by atoms with Gasteiger partial charge in [0.2, 0.25) is 11.8 Å². The van der Waals surface area contributed by atoms with Crippen molar-refractivity contribution in [2.24, 2.45) is 0 Å². The van der Waals surface area contributed by atoms with Crippen molar-refractivity contribution in [2.45, 2.75) is 44.0 Å². The number of ketones is 1. The average molecular weight is 375 g/mol. The van der Waals surface area contributed by atoms with Gasteiger partial charge in [-0.25, -0.2) is 0 Å². The molecule has 1 atom stereocenters. The van der Waals surface area contributed by atoms with Crippen molar-refractivity contribution in [3.05, 3.63) is 45.7 Å². The van der Waals surface area contributed by atoms with Crippen molar-refractivity contribution in [1.82, 2.24) is 9.97 Å². The molecule has 0 saturated carbocycles. The van der Waals surface area contributed by atoms with Crippen LogP contribution in [0.25, 0.3) is 0 Å². The fourth-order valence-corrected chi connectivity index (χ4v) is 3.20. The van der Waals surface area contributed by atoms with Crippen LogP contribution in [0, 0.1) is 0 Å². The van der Waals surface area contributed by atoms with E-state index < -0.39 is 10.8 Å². The van der Waals surface area contributed by atoms with Crippen molar-refractivity contribution in [3.8, 4) is 5.88 Å². The highest BCUT2D eigenvalue weighted by Crippen LogP contribution is 2.25. The van der Waals surface area contributed by atoms with Crippen LogP contribution in [0.15, 0.2) is 34.2 Å². The molecule has 26 heavy (non-hydrogen) atoms. The van der Waals surface area contributed by atoms with E-state index in [1.165, 1.54) is 6.92 Å². The van der Waals surface area contributed by atoms with E-state index in [1.54, 1.807) is 31.2 Å². The van der Waals surface area contributed by atoms with Crippen LogP contribution in [-0.2, 0) is 11.2 Å². The first-order valence-corrected chi connectivity index (χ1v) is 9.14. The van der Waals surface area contributed by atoms with Crippen LogP contribution in [0.5, 0.6) is 5.88 Å². The maximum Gasteiger partial charge on any atom is 0.258 e. The number of aromatic amines is 1. The molecule has 1 heterocycles. The third-order valence-corrected chi connectivity index (χ3v) is 5.05. The fraction of sp³-hybridized carbons (Fsp3) is 0.333. The minimum absolute atomic E-state index is 0.0461. The number of amides is 1. The van der Waals surface area contributed by atoms with Crippen LogP contribution in [0.4, 0.5) is 5.69 Å². The van der Waals surface area contributed by atoms with E-state index in [0.29, 0.717) is 24.1 Å². The predicted octanol–water partition coefficient (Wildman–Crippen LogP) is 2.75. The zero-order chi connectivity index (χ0) is 19.3. The maximum absolute atomic E-state index is 12.5. The van der Waals surface area contributed by atoms with Gasteiger partial charge in [0.15, 0.2) is 10.9 Å². The third-order valence-electron chi connectivity index (χ3n) is 3.80. The molecule has 3 N–H and O–H groups in total. The number of anilines is 1. The van der Waals surface area contributed by atoms with Gasteiger partial charge < -0.3 is 15.4 Å². The number of benzene rings is 1. The molecule has 1 amide bonds. The first-order valence-electron chi connectivity index (χ1n) is 8.26. The van der Waals surface area contributed by atoms with Crippen LogP contribution in [0.3, 0.4) is 0 Å². The number of nitrogens with one attached hydrogen (secondary N) is 2. The number of hydrogen-bond donors (Lipinski definition) is 3. The summed E-state index contributed by atoms with van der Waals surface area (Å²) < 4.78 is 0. The Bertz CT molecular complexity index is 862. The maximum atomic E-state index is 12.5. The SMILES string of the molecule is CCc1c(O)nc(SC(CC)C(=O)Nc2ccc(C(C)=O)cc2)[nH]c1=O. The third kappa shape index (κ3) is 4.72. The Morgan fingerprint density at radius 2 is 1.92 bits per heavy atom. The van der Waals surface area contributed by atoms with Crippen LogP contribution in [0.2, 0.25) is 0 Å². The highest BCUT2D eigenvalue weighted by atomic mass is 32.2. The Balaban J connectivity index is 2.11. The molecule has 0 radical (unpaired) electrons. The lowest BCUT2D eigenvalue weighted by atomic mass is 10.1. The monoisotopic (exact) mass is 375 g/mol. The molecule has 0 bridgehead atoms. The van der Waals surface area contributed by atoms with Gasteiger partial charge in [0.05, 0.1) is 10.8 Å². The molecule has 1 aromatic heterocycles. The van der Waals surface area contributed by atoms with Gasteiger partial charge in [-0.1, -0.05) is 25.6 Å². The summed E-state index contributed by atoms with van der Waals surface area (Å²) in [5.74, 6) is -0.612. The van der Waals surface area contributed by atoms with E-state index in [-0.39, 0.29) is 28.3 Å². The number of H-pyrrole nitrogens is 1. The smallest absolute Gasteiger partial charge is 0.258 e. The molecule has 7 nitrogen and oxygen atoms in total. The molecule has 2 rings (SSSR count). The number of rotatable bonds is 7. The zero-order valence-corrected chi connectivity index (χ0v) is 15.6. The van der Waals surface area contributed by atoms with E-state index in [9.17, 15) is 19.5 Å². The van der Waals surface area contributed by atoms with Crippen LogP contribution < -0.4 is 10.9 Å². The summed E-state index contributed by atoms with van der Waals surface area (Å²) in [7, 11) is 0.